The van der Waals surface area contributed by atoms with Crippen LogP contribution < -0.4 is 5.32 Å². The van der Waals surface area contributed by atoms with Gasteiger partial charge in [0, 0.05) is 6.04 Å². The summed E-state index contributed by atoms with van der Waals surface area (Å²) in [5, 5.41) is 3.51. The Hall–Kier alpha value is -1.35. The number of hydrogen-bond acceptors (Lipinski definition) is 3. The Bertz CT molecular complexity index is 418. The highest BCUT2D eigenvalue weighted by Crippen LogP contribution is 2.25. The smallest absolute Gasteiger partial charge is 0.327 e. The van der Waals surface area contributed by atoms with Crippen LogP contribution in [0.25, 0.3) is 0 Å². The highest BCUT2D eigenvalue weighted by Gasteiger charge is 2.25. The molecule has 3 unspecified atom stereocenters. The molecule has 0 spiro atoms. The van der Waals surface area contributed by atoms with Crippen LogP contribution in [0.4, 0.5) is 0 Å². The topological polar surface area (TPSA) is 38.3 Å². The third-order valence-corrected chi connectivity index (χ3v) is 4.23. The summed E-state index contributed by atoms with van der Waals surface area (Å²) < 4.78 is 4.96. The normalized spacial score (nSPS) is 24.7. The minimum atomic E-state index is -0.348. The lowest BCUT2D eigenvalue weighted by Crippen LogP contribution is -2.37. The van der Waals surface area contributed by atoms with Crippen LogP contribution in [0, 0.1) is 5.92 Å². The van der Waals surface area contributed by atoms with Gasteiger partial charge >= 0.3 is 5.97 Å². The fraction of sp³-hybridized carbons (Fsp3) is 0.588. The van der Waals surface area contributed by atoms with Gasteiger partial charge in [0.1, 0.15) is 6.04 Å². The second-order valence-corrected chi connectivity index (χ2v) is 5.84. The van der Waals surface area contributed by atoms with Crippen LogP contribution in [-0.2, 0) is 9.53 Å². The van der Waals surface area contributed by atoms with Gasteiger partial charge in [-0.05, 0) is 30.7 Å². The first-order valence-electron chi connectivity index (χ1n) is 7.59. The predicted octanol–water partition coefficient (Wildman–Crippen LogP) is 3.46. The zero-order valence-corrected chi connectivity index (χ0v) is 12.5. The lowest BCUT2D eigenvalue weighted by molar-refractivity contribution is -0.143. The maximum atomic E-state index is 12.1. The number of nitrogens with one attached hydrogen (secondary N) is 1. The van der Waals surface area contributed by atoms with Crippen LogP contribution in [0.2, 0.25) is 0 Å². The summed E-state index contributed by atoms with van der Waals surface area (Å²) >= 11 is 0. The molecule has 1 aliphatic rings. The van der Waals surface area contributed by atoms with Crippen LogP contribution in [0.3, 0.4) is 0 Å². The molecular weight excluding hydrogens is 250 g/mol. The van der Waals surface area contributed by atoms with Crippen LogP contribution >= 0.6 is 0 Å². The quantitative estimate of drug-likeness (QED) is 0.675. The molecule has 20 heavy (non-hydrogen) atoms. The number of hydrogen-bond donors (Lipinski definition) is 1. The van der Waals surface area contributed by atoms with Gasteiger partial charge in [0.05, 0.1) is 7.11 Å². The molecule has 3 nitrogen and oxygen atoms in total. The van der Waals surface area contributed by atoms with Gasteiger partial charge in [0.15, 0.2) is 0 Å². The summed E-state index contributed by atoms with van der Waals surface area (Å²) in [7, 11) is 1.45. The molecule has 1 fully saturated rings. The predicted molar refractivity (Wildman–Crippen MR) is 80.4 cm³/mol. The van der Waals surface area contributed by atoms with E-state index in [1.807, 2.05) is 30.3 Å². The maximum Gasteiger partial charge on any atom is 0.327 e. The van der Waals surface area contributed by atoms with Gasteiger partial charge in [-0.25, -0.2) is 4.79 Å². The average molecular weight is 275 g/mol. The molecule has 3 heteroatoms. The van der Waals surface area contributed by atoms with Crippen LogP contribution in [-0.4, -0.2) is 19.1 Å². The van der Waals surface area contributed by atoms with Crippen molar-refractivity contribution in [3.63, 3.8) is 0 Å². The molecule has 1 N–H and O–H groups in total. The number of rotatable bonds is 4. The number of ether oxygens (including phenoxy) is 1. The first-order chi connectivity index (χ1) is 9.70. The Balaban J connectivity index is 2.06. The molecule has 110 valence electrons. The first kappa shape index (κ1) is 15.0. The second-order valence-electron chi connectivity index (χ2n) is 5.84. The van der Waals surface area contributed by atoms with Crippen LogP contribution in [0.1, 0.15) is 50.6 Å². The molecule has 1 aliphatic carbocycles. The second kappa shape index (κ2) is 7.44. The molecule has 0 heterocycles. The van der Waals surface area contributed by atoms with E-state index in [9.17, 15) is 4.79 Å². The van der Waals surface area contributed by atoms with E-state index in [0.717, 1.165) is 24.3 Å². The van der Waals surface area contributed by atoms with E-state index < -0.39 is 0 Å². The van der Waals surface area contributed by atoms with Crippen molar-refractivity contribution in [3.8, 4) is 0 Å². The minimum Gasteiger partial charge on any atom is -0.468 e. The molecule has 0 bridgehead atoms. The molecule has 1 aromatic rings. The third-order valence-electron chi connectivity index (χ3n) is 4.23. The standard InChI is InChI=1S/C17H25NO2/c1-13-7-6-10-15(12-11-13)18-16(17(19)20-2)14-8-4-3-5-9-14/h3-5,8-9,13,15-16,18H,6-7,10-12H2,1-2H3. The van der Waals surface area contributed by atoms with Crippen LogP contribution in [0.5, 0.6) is 0 Å². The molecule has 1 saturated carbocycles. The third kappa shape index (κ3) is 4.07. The molecule has 0 aromatic heterocycles. The summed E-state index contributed by atoms with van der Waals surface area (Å²) in [6, 6.07) is 9.90. The molecule has 0 amide bonds. The number of esters is 1. The van der Waals surface area contributed by atoms with Gasteiger partial charge in [-0.2, -0.15) is 0 Å². The lowest BCUT2D eigenvalue weighted by Gasteiger charge is -2.23. The Morgan fingerprint density at radius 2 is 1.95 bits per heavy atom. The van der Waals surface area contributed by atoms with Crippen molar-refractivity contribution < 1.29 is 9.53 Å². The van der Waals surface area contributed by atoms with Gasteiger partial charge in [0.2, 0.25) is 0 Å². The van der Waals surface area contributed by atoms with Crippen molar-refractivity contribution in [3.05, 3.63) is 35.9 Å². The first-order valence-corrected chi connectivity index (χ1v) is 7.59. The summed E-state index contributed by atoms with van der Waals surface area (Å²) in [6.07, 6.45) is 6.06. The Labute approximate surface area is 121 Å². The largest absolute Gasteiger partial charge is 0.468 e. The molecule has 2 rings (SSSR count). The number of benzene rings is 1. The Morgan fingerprint density at radius 1 is 1.20 bits per heavy atom. The van der Waals surface area contributed by atoms with Crippen molar-refractivity contribution in [1.82, 2.24) is 5.32 Å². The highest BCUT2D eigenvalue weighted by atomic mass is 16.5. The summed E-state index contributed by atoms with van der Waals surface area (Å²) in [5.41, 5.74) is 0.983. The van der Waals surface area contributed by atoms with Gasteiger partial charge in [-0.1, -0.05) is 50.1 Å². The van der Waals surface area contributed by atoms with Gasteiger partial charge < -0.3 is 4.74 Å². The zero-order chi connectivity index (χ0) is 14.4. The molecule has 0 radical (unpaired) electrons. The molecular formula is C17H25NO2. The van der Waals surface area contributed by atoms with Crippen molar-refractivity contribution >= 4 is 5.97 Å². The lowest BCUT2D eigenvalue weighted by atomic mass is 10.0. The van der Waals surface area contributed by atoms with Crippen LogP contribution in [0.15, 0.2) is 30.3 Å². The van der Waals surface area contributed by atoms with E-state index in [2.05, 4.69) is 12.2 Å². The van der Waals surface area contributed by atoms with E-state index >= 15 is 0 Å². The molecule has 0 aliphatic heterocycles. The van der Waals surface area contributed by atoms with Crippen molar-refractivity contribution in [1.29, 1.82) is 0 Å². The Kier molecular flexibility index (Phi) is 5.60. The maximum absolute atomic E-state index is 12.1. The number of carbonyl (C=O) groups is 1. The van der Waals surface area contributed by atoms with Gasteiger partial charge in [-0.3, -0.25) is 5.32 Å². The van der Waals surface area contributed by atoms with E-state index in [4.69, 9.17) is 4.74 Å². The van der Waals surface area contributed by atoms with Gasteiger partial charge in [0.25, 0.3) is 0 Å². The summed E-state index contributed by atoms with van der Waals surface area (Å²) in [5.74, 6) is 0.601. The molecule has 1 aromatic carbocycles. The number of methoxy groups -OCH3 is 1. The van der Waals surface area contributed by atoms with Crippen molar-refractivity contribution in [2.24, 2.45) is 5.92 Å². The fourth-order valence-corrected chi connectivity index (χ4v) is 2.95. The summed E-state index contributed by atoms with van der Waals surface area (Å²) in [6.45, 7) is 2.32. The van der Waals surface area contributed by atoms with E-state index in [-0.39, 0.29) is 12.0 Å². The van der Waals surface area contributed by atoms with E-state index in [0.29, 0.717) is 6.04 Å². The zero-order valence-electron chi connectivity index (χ0n) is 12.5. The number of carbonyl (C=O) groups excluding carboxylic acids is 1. The molecule has 0 saturated heterocycles. The minimum absolute atomic E-state index is 0.200. The molecule has 3 atom stereocenters. The summed E-state index contributed by atoms with van der Waals surface area (Å²) in [4.78, 5) is 12.1. The van der Waals surface area contributed by atoms with Gasteiger partial charge in [-0.15, -0.1) is 0 Å². The fourth-order valence-electron chi connectivity index (χ4n) is 2.95. The van der Waals surface area contributed by atoms with E-state index in [1.54, 1.807) is 0 Å². The SMILES string of the molecule is COC(=O)C(NC1CCCC(C)CC1)c1ccccc1. The van der Waals surface area contributed by atoms with E-state index in [1.165, 1.54) is 26.4 Å². The highest BCUT2D eigenvalue weighted by molar-refractivity contribution is 5.77. The van der Waals surface area contributed by atoms with Crippen molar-refractivity contribution in [2.45, 2.75) is 51.1 Å². The Morgan fingerprint density at radius 3 is 2.65 bits per heavy atom. The monoisotopic (exact) mass is 275 g/mol. The van der Waals surface area contributed by atoms with Crippen molar-refractivity contribution in [2.75, 3.05) is 7.11 Å². The average Bonchev–Trinajstić information content (AvgIpc) is 2.69.